The highest BCUT2D eigenvalue weighted by molar-refractivity contribution is 6.04. The van der Waals surface area contributed by atoms with Crippen molar-refractivity contribution in [2.24, 2.45) is 0 Å². The van der Waals surface area contributed by atoms with E-state index in [2.05, 4.69) is 15.3 Å². The van der Waals surface area contributed by atoms with Gasteiger partial charge in [0.25, 0.3) is 5.91 Å². The quantitative estimate of drug-likeness (QED) is 0.815. The molecule has 5 heteroatoms. The third-order valence-corrected chi connectivity index (χ3v) is 2.34. The van der Waals surface area contributed by atoms with E-state index in [0.717, 1.165) is 5.56 Å². The predicted octanol–water partition coefficient (Wildman–Crippen LogP) is 1.33. The van der Waals surface area contributed by atoms with Crippen LogP contribution in [0.1, 0.15) is 15.9 Å². The topological polar surface area (TPSA) is 74.8 Å². The van der Waals surface area contributed by atoms with E-state index in [9.17, 15) is 9.59 Å². The summed E-state index contributed by atoms with van der Waals surface area (Å²) >= 11 is 0. The van der Waals surface area contributed by atoms with Crippen LogP contribution in [0.5, 0.6) is 0 Å². The monoisotopic (exact) mass is 229 g/mol. The van der Waals surface area contributed by atoms with Crippen molar-refractivity contribution in [2.75, 3.05) is 5.32 Å². The van der Waals surface area contributed by atoms with Gasteiger partial charge in [0.05, 0.1) is 0 Å². The molecule has 86 valence electrons. The first-order valence-corrected chi connectivity index (χ1v) is 5.07. The van der Waals surface area contributed by atoms with Crippen LogP contribution in [-0.2, 0) is 0 Å². The molecule has 2 aromatic heterocycles. The summed E-state index contributed by atoms with van der Waals surface area (Å²) < 4.78 is 0. The van der Waals surface area contributed by atoms with Crippen LogP contribution in [-0.4, -0.2) is 15.9 Å². The van der Waals surface area contributed by atoms with E-state index in [1.807, 2.05) is 6.92 Å². The lowest BCUT2D eigenvalue weighted by molar-refractivity contribution is 0.102. The molecule has 1 amide bonds. The molecule has 0 saturated carbocycles. The third kappa shape index (κ3) is 2.39. The molecule has 5 nitrogen and oxygen atoms in total. The maximum absolute atomic E-state index is 11.8. The van der Waals surface area contributed by atoms with E-state index in [4.69, 9.17) is 0 Å². The normalized spacial score (nSPS) is 9.94. The molecule has 2 rings (SSSR count). The number of aryl methyl sites for hydroxylation is 1. The molecule has 0 radical (unpaired) electrons. The average molecular weight is 229 g/mol. The van der Waals surface area contributed by atoms with E-state index in [1.54, 1.807) is 18.5 Å². The van der Waals surface area contributed by atoms with E-state index < -0.39 is 5.91 Å². The van der Waals surface area contributed by atoms with Gasteiger partial charge in [0.2, 0.25) is 0 Å². The van der Waals surface area contributed by atoms with E-state index in [0.29, 0.717) is 5.69 Å². The highest BCUT2D eigenvalue weighted by Crippen LogP contribution is 2.12. The molecule has 0 spiro atoms. The fourth-order valence-corrected chi connectivity index (χ4v) is 1.40. The molecule has 0 aliphatic carbocycles. The van der Waals surface area contributed by atoms with Crippen LogP contribution >= 0.6 is 0 Å². The maximum atomic E-state index is 11.8. The number of pyridine rings is 2. The Kier molecular flexibility index (Phi) is 3.00. The Labute approximate surface area is 97.5 Å². The number of rotatable bonds is 2. The first-order valence-electron chi connectivity index (χ1n) is 5.07. The van der Waals surface area contributed by atoms with Crippen molar-refractivity contribution in [3.8, 4) is 0 Å². The summed E-state index contributed by atoms with van der Waals surface area (Å²) in [4.78, 5) is 29.9. The third-order valence-electron chi connectivity index (χ3n) is 2.34. The van der Waals surface area contributed by atoms with Crippen molar-refractivity contribution in [1.82, 2.24) is 9.97 Å². The summed E-state index contributed by atoms with van der Waals surface area (Å²) in [7, 11) is 0. The van der Waals surface area contributed by atoms with Gasteiger partial charge >= 0.3 is 0 Å². The summed E-state index contributed by atoms with van der Waals surface area (Å²) in [6.07, 6.45) is 6.09. The zero-order valence-corrected chi connectivity index (χ0v) is 9.23. The molecule has 0 fully saturated rings. The molecule has 2 N–H and O–H groups in total. The Morgan fingerprint density at radius 2 is 2.24 bits per heavy atom. The number of aromatic nitrogens is 2. The minimum Gasteiger partial charge on any atom is -0.367 e. The Balaban J connectivity index is 2.27. The van der Waals surface area contributed by atoms with Gasteiger partial charge in [-0.05, 0) is 18.6 Å². The molecular weight excluding hydrogens is 218 g/mol. The number of nitrogens with zero attached hydrogens (tertiary/aromatic N) is 1. The largest absolute Gasteiger partial charge is 0.367 e. The van der Waals surface area contributed by atoms with Crippen LogP contribution < -0.4 is 10.7 Å². The Morgan fingerprint density at radius 1 is 1.41 bits per heavy atom. The summed E-state index contributed by atoms with van der Waals surface area (Å²) in [6, 6.07) is 3.00. The highest BCUT2D eigenvalue weighted by atomic mass is 16.2. The lowest BCUT2D eigenvalue weighted by Gasteiger charge is -2.06. The predicted molar refractivity (Wildman–Crippen MR) is 64.0 cm³/mol. The molecule has 0 unspecified atom stereocenters. The second-order valence-corrected chi connectivity index (χ2v) is 3.57. The van der Waals surface area contributed by atoms with Crippen LogP contribution in [0.3, 0.4) is 0 Å². The molecule has 0 aromatic carbocycles. The molecular formula is C12H11N3O2. The number of carbonyl (C=O) groups excluding carboxylic acids is 1. The number of aromatic amines is 1. The molecule has 0 bridgehead atoms. The van der Waals surface area contributed by atoms with Crippen molar-refractivity contribution in [3.05, 3.63) is 58.3 Å². The van der Waals surface area contributed by atoms with Gasteiger partial charge in [0, 0.05) is 36.5 Å². The molecule has 0 saturated heterocycles. The van der Waals surface area contributed by atoms with Crippen LogP contribution in [0.4, 0.5) is 5.69 Å². The first-order chi connectivity index (χ1) is 8.18. The Bertz CT molecular complexity index is 604. The van der Waals surface area contributed by atoms with Crippen LogP contribution in [0.25, 0.3) is 0 Å². The maximum Gasteiger partial charge on any atom is 0.261 e. The zero-order valence-electron chi connectivity index (χ0n) is 9.23. The van der Waals surface area contributed by atoms with E-state index in [-0.39, 0.29) is 11.0 Å². The summed E-state index contributed by atoms with van der Waals surface area (Å²) in [5.41, 5.74) is 1.26. The Hall–Kier alpha value is -2.43. The average Bonchev–Trinajstić information content (AvgIpc) is 2.32. The lowest BCUT2D eigenvalue weighted by atomic mass is 10.2. The van der Waals surface area contributed by atoms with Gasteiger partial charge in [0.1, 0.15) is 5.56 Å². The summed E-state index contributed by atoms with van der Waals surface area (Å²) in [6.45, 7) is 1.83. The minimum atomic E-state index is -0.429. The van der Waals surface area contributed by atoms with Crippen LogP contribution in [0, 0.1) is 6.92 Å². The molecule has 2 aromatic rings. The van der Waals surface area contributed by atoms with Gasteiger partial charge < -0.3 is 10.3 Å². The fourth-order valence-electron chi connectivity index (χ4n) is 1.40. The number of H-pyrrole nitrogens is 1. The van der Waals surface area contributed by atoms with Gasteiger partial charge in [-0.15, -0.1) is 0 Å². The van der Waals surface area contributed by atoms with Gasteiger partial charge in [-0.25, -0.2) is 0 Å². The van der Waals surface area contributed by atoms with E-state index in [1.165, 1.54) is 18.5 Å². The molecule has 0 atom stereocenters. The second-order valence-electron chi connectivity index (χ2n) is 3.57. The smallest absolute Gasteiger partial charge is 0.261 e. The van der Waals surface area contributed by atoms with Gasteiger partial charge in [-0.2, -0.15) is 0 Å². The van der Waals surface area contributed by atoms with Gasteiger partial charge in [-0.1, -0.05) is 0 Å². The molecule has 0 aliphatic rings. The van der Waals surface area contributed by atoms with Gasteiger partial charge in [0.15, 0.2) is 5.43 Å². The van der Waals surface area contributed by atoms with Crippen LogP contribution in [0.2, 0.25) is 0 Å². The molecule has 17 heavy (non-hydrogen) atoms. The molecule has 0 aliphatic heterocycles. The summed E-state index contributed by atoms with van der Waals surface area (Å²) in [5.74, 6) is -0.429. The number of carbonyl (C=O) groups is 1. The first kappa shape index (κ1) is 11.1. The van der Waals surface area contributed by atoms with Crippen molar-refractivity contribution in [1.29, 1.82) is 0 Å². The number of hydrogen-bond donors (Lipinski definition) is 2. The second kappa shape index (κ2) is 4.61. The van der Waals surface area contributed by atoms with Gasteiger partial charge in [-0.3, -0.25) is 14.6 Å². The summed E-state index contributed by atoms with van der Waals surface area (Å²) in [5, 5.41) is 2.67. The molecule has 2 heterocycles. The minimum absolute atomic E-state index is 0.0868. The van der Waals surface area contributed by atoms with Crippen molar-refractivity contribution >= 4 is 11.6 Å². The SMILES string of the molecule is Cc1cnccc1NC(=O)c1c[nH]ccc1=O. The zero-order chi connectivity index (χ0) is 12.3. The number of amides is 1. The Morgan fingerprint density at radius 3 is 2.94 bits per heavy atom. The standard InChI is InChI=1S/C12H11N3O2/c1-8-6-13-4-2-10(8)15-12(17)9-7-14-5-3-11(9)16/h2-7H,1H3,(H,14,16)(H,13,15,17). The van der Waals surface area contributed by atoms with E-state index >= 15 is 0 Å². The highest BCUT2D eigenvalue weighted by Gasteiger charge is 2.10. The lowest BCUT2D eigenvalue weighted by Crippen LogP contribution is -2.21. The van der Waals surface area contributed by atoms with Crippen molar-refractivity contribution < 1.29 is 4.79 Å². The van der Waals surface area contributed by atoms with Crippen LogP contribution in [0.15, 0.2) is 41.7 Å². The number of anilines is 1. The van der Waals surface area contributed by atoms with Crippen molar-refractivity contribution in [2.45, 2.75) is 6.92 Å². The van der Waals surface area contributed by atoms with Crippen molar-refractivity contribution in [3.63, 3.8) is 0 Å². The number of hydrogen-bond acceptors (Lipinski definition) is 3. The number of nitrogens with one attached hydrogen (secondary N) is 2. The fraction of sp³-hybridized carbons (Fsp3) is 0.0833.